The number of pyridine rings is 1. The zero-order valence-corrected chi connectivity index (χ0v) is 19.2. The normalized spacial score (nSPS) is 15.7. The largest absolute Gasteiger partial charge is 0.465 e. The van der Waals surface area contributed by atoms with Crippen molar-refractivity contribution in [3.05, 3.63) is 57.5 Å². The molecule has 178 valence electrons. The summed E-state index contributed by atoms with van der Waals surface area (Å²) >= 11 is 5.87. The molecule has 6 N–H and O–H groups in total. The number of nitrogens with two attached hydrogens (primary N) is 2. The molecule has 2 aromatic rings. The smallest absolute Gasteiger partial charge is 0.323 e. The highest BCUT2D eigenvalue weighted by Crippen LogP contribution is 2.20. The number of carbonyl (C=O) groups is 3. The summed E-state index contributed by atoms with van der Waals surface area (Å²) in [5.74, 6) is -1.27. The number of rotatable bonds is 6. The highest BCUT2D eigenvalue weighted by atomic mass is 35.5. The molecule has 0 saturated carbocycles. The number of aromatic nitrogens is 1. The summed E-state index contributed by atoms with van der Waals surface area (Å²) in [5.41, 5.74) is 10.9. The van der Waals surface area contributed by atoms with E-state index in [1.807, 2.05) is 6.92 Å². The van der Waals surface area contributed by atoms with Crippen LogP contribution in [-0.4, -0.2) is 41.5 Å². The predicted molar refractivity (Wildman–Crippen MR) is 126 cm³/mol. The molecule has 0 radical (unpaired) electrons. The fourth-order valence-electron chi connectivity index (χ4n) is 3.04. The maximum Gasteiger partial charge on any atom is 0.323 e. The van der Waals surface area contributed by atoms with Crippen molar-refractivity contribution in [3.8, 4) is 0 Å². The summed E-state index contributed by atoms with van der Waals surface area (Å²) in [7, 11) is 0. The van der Waals surface area contributed by atoms with E-state index in [0.29, 0.717) is 12.3 Å². The van der Waals surface area contributed by atoms with E-state index in [-0.39, 0.29) is 28.3 Å². The van der Waals surface area contributed by atoms with Crippen LogP contribution in [0.1, 0.15) is 43.1 Å². The molecule has 33 heavy (non-hydrogen) atoms. The average molecular weight is 478 g/mol. The van der Waals surface area contributed by atoms with Crippen LogP contribution in [0.4, 0.5) is 11.4 Å². The molecule has 2 amide bonds. The Morgan fingerprint density at radius 2 is 2.06 bits per heavy atom. The van der Waals surface area contributed by atoms with Crippen LogP contribution in [0.15, 0.2) is 41.3 Å². The van der Waals surface area contributed by atoms with Crippen molar-refractivity contribution in [1.29, 1.82) is 0 Å². The summed E-state index contributed by atoms with van der Waals surface area (Å²) in [5, 5.41) is 5.79. The monoisotopic (exact) mass is 477 g/mol. The van der Waals surface area contributed by atoms with Gasteiger partial charge in [0.15, 0.2) is 0 Å². The number of nitrogen functional groups attached to an aromatic ring is 1. The topological polar surface area (TPSA) is 159 Å². The van der Waals surface area contributed by atoms with Crippen molar-refractivity contribution >= 4 is 40.8 Å². The highest BCUT2D eigenvalue weighted by Gasteiger charge is 2.22. The lowest BCUT2D eigenvalue weighted by Crippen LogP contribution is -2.33. The first-order valence-corrected chi connectivity index (χ1v) is 10.8. The number of nitrogens with one attached hydrogen (secondary N) is 2. The number of nitrogens with zero attached hydrogens (tertiary/aromatic N) is 1. The zero-order chi connectivity index (χ0) is 24.5. The van der Waals surface area contributed by atoms with Gasteiger partial charge < -0.3 is 31.4 Å². The quantitative estimate of drug-likeness (QED) is 0.364. The van der Waals surface area contributed by atoms with Crippen molar-refractivity contribution in [2.45, 2.75) is 38.8 Å². The summed E-state index contributed by atoms with van der Waals surface area (Å²) < 4.78 is 5.97. The van der Waals surface area contributed by atoms with E-state index >= 15 is 0 Å². The second-order valence-corrected chi connectivity index (χ2v) is 7.71. The lowest BCUT2D eigenvalue weighted by Gasteiger charge is -2.13. The first-order valence-electron chi connectivity index (χ1n) is 10.4. The number of carbonyl (C=O) groups excluding carboxylic acids is 3. The van der Waals surface area contributed by atoms with Crippen LogP contribution in [-0.2, 0) is 14.3 Å². The van der Waals surface area contributed by atoms with E-state index in [2.05, 4.69) is 10.6 Å². The molecule has 0 aliphatic carbocycles. The molecule has 2 heterocycles. The van der Waals surface area contributed by atoms with Crippen LogP contribution in [0.3, 0.4) is 0 Å². The lowest BCUT2D eigenvalue weighted by molar-refractivity contribution is -0.145. The van der Waals surface area contributed by atoms with Gasteiger partial charge in [0.05, 0.1) is 17.3 Å². The Kier molecular flexibility index (Phi) is 9.43. The third-order valence-electron chi connectivity index (χ3n) is 4.95. The molecule has 2 unspecified atom stereocenters. The third-order valence-corrected chi connectivity index (χ3v) is 5.27. The van der Waals surface area contributed by atoms with Crippen molar-refractivity contribution in [2.24, 2.45) is 5.73 Å². The van der Waals surface area contributed by atoms with Crippen LogP contribution < -0.4 is 27.7 Å². The Labute approximate surface area is 196 Å². The molecule has 3 rings (SSSR count). The number of anilines is 2. The SMILES string of the molecule is CC(C(N)=O)n1cccc(NC(=O)c2ccc(N)c(Cl)c2)c1=O.CCOC(=O)C1CCCN1. The average Bonchev–Trinajstić information content (AvgIpc) is 3.32. The molecule has 11 heteroatoms. The summed E-state index contributed by atoms with van der Waals surface area (Å²) in [6, 6.07) is 6.50. The molecule has 10 nitrogen and oxygen atoms in total. The van der Waals surface area contributed by atoms with Crippen LogP contribution >= 0.6 is 11.6 Å². The van der Waals surface area contributed by atoms with Crippen LogP contribution in [0.25, 0.3) is 0 Å². The number of ether oxygens (including phenoxy) is 1. The Hall–Kier alpha value is -3.37. The maximum atomic E-state index is 12.3. The molecule has 0 spiro atoms. The van der Waals surface area contributed by atoms with Gasteiger partial charge in [0.1, 0.15) is 17.8 Å². The van der Waals surface area contributed by atoms with Crippen molar-refractivity contribution < 1.29 is 19.1 Å². The minimum absolute atomic E-state index is 0.0264. The van der Waals surface area contributed by atoms with Gasteiger partial charge in [-0.15, -0.1) is 0 Å². The Morgan fingerprint density at radius 3 is 2.64 bits per heavy atom. The maximum absolute atomic E-state index is 12.3. The second-order valence-electron chi connectivity index (χ2n) is 7.30. The molecular weight excluding hydrogens is 450 g/mol. The van der Waals surface area contributed by atoms with E-state index in [4.69, 9.17) is 27.8 Å². The van der Waals surface area contributed by atoms with Crippen molar-refractivity contribution in [2.75, 3.05) is 24.2 Å². The van der Waals surface area contributed by atoms with Crippen LogP contribution in [0.5, 0.6) is 0 Å². The number of amides is 2. The fraction of sp³-hybridized carbons (Fsp3) is 0.364. The van der Waals surface area contributed by atoms with Gasteiger partial charge in [-0.3, -0.25) is 19.2 Å². The number of hydrogen-bond donors (Lipinski definition) is 4. The molecule has 1 fully saturated rings. The molecule has 1 aromatic carbocycles. The highest BCUT2D eigenvalue weighted by molar-refractivity contribution is 6.33. The predicted octanol–water partition coefficient (Wildman–Crippen LogP) is 1.68. The number of benzene rings is 1. The Balaban J connectivity index is 0.000000321. The lowest BCUT2D eigenvalue weighted by atomic mass is 10.2. The molecule has 2 atom stereocenters. The van der Waals surface area contributed by atoms with Gasteiger partial charge in [-0.05, 0) is 63.6 Å². The molecule has 1 aromatic heterocycles. The number of halogens is 1. The third kappa shape index (κ3) is 7.06. The second kappa shape index (κ2) is 12.0. The minimum atomic E-state index is -0.828. The number of hydrogen-bond acceptors (Lipinski definition) is 7. The van der Waals surface area contributed by atoms with Gasteiger partial charge in [-0.25, -0.2) is 0 Å². The van der Waals surface area contributed by atoms with Crippen molar-refractivity contribution in [3.63, 3.8) is 0 Å². The van der Waals surface area contributed by atoms with Crippen molar-refractivity contribution in [1.82, 2.24) is 9.88 Å². The van der Waals surface area contributed by atoms with E-state index in [9.17, 15) is 19.2 Å². The summed E-state index contributed by atoms with van der Waals surface area (Å²) in [6.07, 6.45) is 3.44. The standard InChI is InChI=1S/C15H15ClN4O3.C7H13NO2/c1-8(13(18)21)20-6-2-3-12(15(20)23)19-14(22)9-4-5-11(17)10(16)7-9;1-2-10-7(9)6-4-3-5-8-6/h2-8H,17H2,1H3,(H2,18,21)(H,19,22);6,8H,2-5H2,1H3. The van der Waals surface area contributed by atoms with Crippen LogP contribution in [0, 0.1) is 0 Å². The summed E-state index contributed by atoms with van der Waals surface area (Å²) in [4.78, 5) is 46.7. The molecule has 1 aliphatic rings. The molecule has 0 bridgehead atoms. The Morgan fingerprint density at radius 1 is 1.33 bits per heavy atom. The van der Waals surface area contributed by atoms with Gasteiger partial charge in [0, 0.05) is 11.8 Å². The van der Waals surface area contributed by atoms with E-state index in [0.717, 1.165) is 24.0 Å². The number of primary amides is 1. The number of esters is 1. The van der Waals surface area contributed by atoms with Gasteiger partial charge >= 0.3 is 5.97 Å². The first-order chi connectivity index (χ1) is 15.6. The van der Waals surface area contributed by atoms with E-state index < -0.39 is 23.4 Å². The van der Waals surface area contributed by atoms with Crippen LogP contribution in [0.2, 0.25) is 5.02 Å². The van der Waals surface area contributed by atoms with E-state index in [1.165, 1.54) is 43.5 Å². The minimum Gasteiger partial charge on any atom is -0.465 e. The first kappa shape index (κ1) is 25.9. The van der Waals surface area contributed by atoms with Gasteiger partial charge in [0.25, 0.3) is 11.5 Å². The van der Waals surface area contributed by atoms with Gasteiger partial charge in [-0.2, -0.15) is 0 Å². The van der Waals surface area contributed by atoms with Gasteiger partial charge in [-0.1, -0.05) is 11.6 Å². The van der Waals surface area contributed by atoms with E-state index in [1.54, 1.807) is 0 Å². The zero-order valence-electron chi connectivity index (χ0n) is 18.5. The molecule has 1 saturated heterocycles. The van der Waals surface area contributed by atoms with Gasteiger partial charge in [0.2, 0.25) is 5.91 Å². The molecule has 1 aliphatic heterocycles. The summed E-state index contributed by atoms with van der Waals surface area (Å²) in [6.45, 7) is 4.75. The Bertz CT molecular complexity index is 1070. The fourth-order valence-corrected chi connectivity index (χ4v) is 3.22. The molecular formula is C22H28ClN5O5.